The Kier molecular flexibility index (Phi) is 4.61. The lowest BCUT2D eigenvalue weighted by atomic mass is 10.2. The van der Waals surface area contributed by atoms with E-state index in [1.807, 2.05) is 0 Å². The number of hydrogen-bond acceptors (Lipinski definition) is 3. The molecular weight excluding hydrogens is 269 g/mol. The summed E-state index contributed by atoms with van der Waals surface area (Å²) in [6.07, 6.45) is -3.46. The molecular formula is C11H13F3O3S. The summed E-state index contributed by atoms with van der Waals surface area (Å²) in [4.78, 5) is 0. The Bertz CT molecular complexity index is 495. The van der Waals surface area contributed by atoms with Crippen LogP contribution in [0.15, 0.2) is 24.3 Å². The first-order valence-electron chi connectivity index (χ1n) is 5.34. The maximum absolute atomic E-state index is 12.4. The molecule has 7 heteroatoms. The summed E-state index contributed by atoms with van der Waals surface area (Å²) in [6.45, 7) is 1.81. The molecule has 0 saturated heterocycles. The number of unbranched alkanes of at least 4 members (excludes halogenated alkanes) is 1. The van der Waals surface area contributed by atoms with Gasteiger partial charge < -0.3 is 4.18 Å². The lowest BCUT2D eigenvalue weighted by molar-refractivity contribution is -0.137. The molecule has 3 nitrogen and oxygen atoms in total. The molecule has 1 aromatic carbocycles. The molecule has 102 valence electrons. The van der Waals surface area contributed by atoms with E-state index in [2.05, 4.69) is 4.18 Å². The van der Waals surface area contributed by atoms with Crippen molar-refractivity contribution in [2.75, 3.05) is 5.75 Å². The first-order chi connectivity index (χ1) is 8.24. The molecule has 0 amide bonds. The molecule has 0 N–H and O–H groups in total. The number of benzene rings is 1. The van der Waals surface area contributed by atoms with Crippen LogP contribution < -0.4 is 4.18 Å². The minimum atomic E-state index is -4.52. The van der Waals surface area contributed by atoms with Crippen LogP contribution in [-0.4, -0.2) is 14.2 Å². The summed E-state index contributed by atoms with van der Waals surface area (Å²) in [6, 6.07) is 3.81. The van der Waals surface area contributed by atoms with E-state index in [-0.39, 0.29) is 11.5 Å². The first-order valence-corrected chi connectivity index (χ1v) is 6.92. The fourth-order valence-electron chi connectivity index (χ4n) is 1.23. The second kappa shape index (κ2) is 5.60. The Labute approximate surface area is 104 Å². The average Bonchev–Trinajstić information content (AvgIpc) is 2.25. The molecule has 0 atom stereocenters. The molecule has 0 saturated carbocycles. The van der Waals surface area contributed by atoms with Crippen LogP contribution in [0.3, 0.4) is 0 Å². The third-order valence-electron chi connectivity index (χ3n) is 2.13. The van der Waals surface area contributed by atoms with Gasteiger partial charge in [-0.1, -0.05) is 19.4 Å². The van der Waals surface area contributed by atoms with Gasteiger partial charge in [-0.15, -0.1) is 0 Å². The van der Waals surface area contributed by atoms with E-state index in [4.69, 9.17) is 0 Å². The van der Waals surface area contributed by atoms with Crippen molar-refractivity contribution in [2.45, 2.75) is 25.9 Å². The van der Waals surface area contributed by atoms with Gasteiger partial charge in [-0.3, -0.25) is 0 Å². The van der Waals surface area contributed by atoms with Crippen molar-refractivity contribution in [3.8, 4) is 5.75 Å². The van der Waals surface area contributed by atoms with E-state index in [0.29, 0.717) is 18.9 Å². The molecule has 1 aromatic rings. The molecule has 0 spiro atoms. The Morgan fingerprint density at radius 2 is 1.94 bits per heavy atom. The first kappa shape index (κ1) is 14.8. The average molecular weight is 282 g/mol. The van der Waals surface area contributed by atoms with Gasteiger partial charge in [0.15, 0.2) is 0 Å². The second-order valence-corrected chi connectivity index (χ2v) is 5.41. The van der Waals surface area contributed by atoms with Crippen LogP contribution in [0.4, 0.5) is 13.2 Å². The number of rotatable bonds is 5. The van der Waals surface area contributed by atoms with Gasteiger partial charge in [-0.05, 0) is 24.6 Å². The molecule has 0 aliphatic rings. The fraction of sp³-hybridized carbons (Fsp3) is 0.455. The second-order valence-electron chi connectivity index (χ2n) is 3.72. The van der Waals surface area contributed by atoms with Crippen LogP contribution in [0.5, 0.6) is 5.75 Å². The smallest absolute Gasteiger partial charge is 0.382 e. The van der Waals surface area contributed by atoms with Crippen LogP contribution in [0.1, 0.15) is 25.3 Å². The summed E-state index contributed by atoms with van der Waals surface area (Å²) in [5, 5.41) is 0. The molecule has 18 heavy (non-hydrogen) atoms. The highest BCUT2D eigenvalue weighted by Crippen LogP contribution is 2.31. The van der Waals surface area contributed by atoms with E-state index >= 15 is 0 Å². The molecule has 1 rings (SSSR count). The summed E-state index contributed by atoms with van der Waals surface area (Å²) < 4.78 is 64.6. The van der Waals surface area contributed by atoms with E-state index in [1.54, 1.807) is 6.92 Å². The number of halogens is 3. The largest absolute Gasteiger partial charge is 0.416 e. The van der Waals surface area contributed by atoms with Crippen LogP contribution in [0.2, 0.25) is 0 Å². The zero-order chi connectivity index (χ0) is 13.8. The summed E-state index contributed by atoms with van der Waals surface area (Å²) in [5.41, 5.74) is -0.939. The Morgan fingerprint density at radius 1 is 1.28 bits per heavy atom. The van der Waals surface area contributed by atoms with E-state index in [9.17, 15) is 21.6 Å². The summed E-state index contributed by atoms with van der Waals surface area (Å²) in [5.74, 6) is -0.527. The molecule has 0 radical (unpaired) electrons. The lowest BCUT2D eigenvalue weighted by Gasteiger charge is -2.10. The molecule has 0 bridgehead atoms. The third kappa shape index (κ3) is 4.56. The van der Waals surface area contributed by atoms with Crippen molar-refractivity contribution in [3.63, 3.8) is 0 Å². The zero-order valence-corrected chi connectivity index (χ0v) is 10.5. The molecule has 0 aromatic heterocycles. The van der Waals surface area contributed by atoms with Crippen LogP contribution in [-0.2, 0) is 16.3 Å². The van der Waals surface area contributed by atoms with Gasteiger partial charge in [0.05, 0.1) is 11.3 Å². The van der Waals surface area contributed by atoms with E-state index in [0.717, 1.165) is 12.1 Å². The Hall–Kier alpha value is -1.24. The molecule has 0 unspecified atom stereocenters. The third-order valence-corrected chi connectivity index (χ3v) is 3.37. The van der Waals surface area contributed by atoms with Crippen molar-refractivity contribution < 1.29 is 25.8 Å². The highest BCUT2D eigenvalue weighted by molar-refractivity contribution is 7.87. The van der Waals surface area contributed by atoms with Crippen molar-refractivity contribution in [1.29, 1.82) is 0 Å². The van der Waals surface area contributed by atoms with Crippen LogP contribution in [0, 0.1) is 0 Å². The molecule has 0 fully saturated rings. The fourth-order valence-corrected chi connectivity index (χ4v) is 2.36. The zero-order valence-electron chi connectivity index (χ0n) is 9.70. The van der Waals surface area contributed by atoms with Gasteiger partial charge in [-0.2, -0.15) is 21.6 Å². The topological polar surface area (TPSA) is 43.4 Å². The van der Waals surface area contributed by atoms with Crippen molar-refractivity contribution in [2.24, 2.45) is 0 Å². The molecule has 0 heterocycles. The normalized spacial score (nSPS) is 12.4. The summed E-state index contributed by atoms with van der Waals surface area (Å²) >= 11 is 0. The standard InChI is InChI=1S/C11H13F3O3S/c1-2-3-7-18(15,16)17-10-6-4-5-9(8-10)11(12,13)14/h4-6,8H,2-3,7H2,1H3. The van der Waals surface area contributed by atoms with Crippen LogP contribution >= 0.6 is 0 Å². The SMILES string of the molecule is CCCCS(=O)(=O)Oc1cccc(C(F)(F)F)c1. The van der Waals surface area contributed by atoms with Crippen molar-refractivity contribution in [3.05, 3.63) is 29.8 Å². The van der Waals surface area contributed by atoms with Crippen molar-refractivity contribution in [1.82, 2.24) is 0 Å². The molecule has 0 aliphatic carbocycles. The van der Waals surface area contributed by atoms with Gasteiger partial charge in [-0.25, -0.2) is 0 Å². The number of hydrogen-bond donors (Lipinski definition) is 0. The Morgan fingerprint density at radius 3 is 2.50 bits per heavy atom. The minimum Gasteiger partial charge on any atom is -0.382 e. The lowest BCUT2D eigenvalue weighted by Crippen LogP contribution is -2.14. The van der Waals surface area contributed by atoms with Gasteiger partial charge in [0.1, 0.15) is 5.75 Å². The van der Waals surface area contributed by atoms with Gasteiger partial charge in [0.25, 0.3) is 0 Å². The monoisotopic (exact) mass is 282 g/mol. The van der Waals surface area contributed by atoms with Gasteiger partial charge in [0.2, 0.25) is 0 Å². The molecule has 0 aliphatic heterocycles. The highest BCUT2D eigenvalue weighted by Gasteiger charge is 2.31. The predicted octanol–water partition coefficient (Wildman–Crippen LogP) is 3.21. The van der Waals surface area contributed by atoms with Crippen molar-refractivity contribution >= 4 is 10.1 Å². The summed E-state index contributed by atoms with van der Waals surface area (Å²) in [7, 11) is -3.83. The number of alkyl halides is 3. The van der Waals surface area contributed by atoms with Gasteiger partial charge >= 0.3 is 16.3 Å². The maximum atomic E-state index is 12.4. The maximum Gasteiger partial charge on any atom is 0.416 e. The minimum absolute atomic E-state index is 0.209. The predicted molar refractivity (Wildman–Crippen MR) is 60.8 cm³/mol. The van der Waals surface area contributed by atoms with Crippen LogP contribution in [0.25, 0.3) is 0 Å². The van der Waals surface area contributed by atoms with E-state index in [1.165, 1.54) is 6.07 Å². The van der Waals surface area contributed by atoms with E-state index < -0.39 is 21.9 Å². The quantitative estimate of drug-likeness (QED) is 0.779. The van der Waals surface area contributed by atoms with Gasteiger partial charge in [0, 0.05) is 0 Å². The highest BCUT2D eigenvalue weighted by atomic mass is 32.2. The Balaban J connectivity index is 2.86.